The van der Waals surface area contributed by atoms with Crippen molar-refractivity contribution in [2.45, 2.75) is 26.7 Å². The molecule has 0 saturated carbocycles. The molecular formula is C23H28N2O5. The van der Waals surface area contributed by atoms with E-state index in [1.807, 2.05) is 38.1 Å². The van der Waals surface area contributed by atoms with Crippen LogP contribution in [-0.4, -0.2) is 49.5 Å². The molecule has 0 spiro atoms. The van der Waals surface area contributed by atoms with Gasteiger partial charge in [0.15, 0.2) is 6.61 Å². The van der Waals surface area contributed by atoms with Gasteiger partial charge in [-0.15, -0.1) is 0 Å². The number of esters is 1. The van der Waals surface area contributed by atoms with Gasteiger partial charge < -0.3 is 19.7 Å². The lowest BCUT2D eigenvalue weighted by atomic mass is 10.1. The van der Waals surface area contributed by atoms with Crippen LogP contribution >= 0.6 is 0 Å². The molecule has 0 radical (unpaired) electrons. The fourth-order valence-corrected chi connectivity index (χ4v) is 2.91. The lowest BCUT2D eigenvalue weighted by Crippen LogP contribution is -2.34. The first-order valence-corrected chi connectivity index (χ1v) is 9.95. The minimum Gasteiger partial charge on any atom is -0.497 e. The van der Waals surface area contributed by atoms with E-state index in [0.717, 1.165) is 11.3 Å². The summed E-state index contributed by atoms with van der Waals surface area (Å²) in [5.41, 5.74) is 1.58. The Labute approximate surface area is 177 Å². The van der Waals surface area contributed by atoms with Gasteiger partial charge in [-0.25, -0.2) is 4.79 Å². The van der Waals surface area contributed by atoms with Crippen LogP contribution < -0.4 is 10.1 Å². The number of hydrogen-bond donors (Lipinski definition) is 1. The van der Waals surface area contributed by atoms with Crippen molar-refractivity contribution in [2.75, 3.05) is 32.1 Å². The van der Waals surface area contributed by atoms with E-state index in [1.54, 1.807) is 36.3 Å². The fourth-order valence-electron chi connectivity index (χ4n) is 2.91. The number of rotatable bonds is 10. The molecule has 0 bridgehead atoms. The normalized spacial score (nSPS) is 10.2. The molecule has 0 aromatic heterocycles. The molecule has 2 amide bonds. The highest BCUT2D eigenvalue weighted by atomic mass is 16.5. The molecule has 0 aliphatic heterocycles. The van der Waals surface area contributed by atoms with Crippen molar-refractivity contribution in [1.82, 2.24) is 4.90 Å². The Hall–Kier alpha value is -3.35. The molecule has 0 aliphatic rings. The third-order valence-corrected chi connectivity index (χ3v) is 4.66. The van der Waals surface area contributed by atoms with Crippen LogP contribution in [0.4, 0.5) is 5.69 Å². The second-order valence-corrected chi connectivity index (χ2v) is 6.58. The van der Waals surface area contributed by atoms with Gasteiger partial charge in [-0.2, -0.15) is 0 Å². The number of methoxy groups -OCH3 is 1. The van der Waals surface area contributed by atoms with E-state index in [2.05, 4.69) is 5.32 Å². The summed E-state index contributed by atoms with van der Waals surface area (Å²) in [6.45, 7) is 4.49. The van der Waals surface area contributed by atoms with E-state index in [4.69, 9.17) is 9.47 Å². The van der Waals surface area contributed by atoms with Crippen LogP contribution in [0.15, 0.2) is 48.5 Å². The standard InChI is InChI=1S/C23H28N2O5/c1-4-25(5-2)22(27)16-30-23(28)19-8-6-7-9-20(19)24-21(26)15-12-17-10-13-18(29-3)14-11-17/h6-11,13-14H,4-5,12,15-16H2,1-3H3,(H,24,26). The number of hydrogen-bond acceptors (Lipinski definition) is 5. The quantitative estimate of drug-likeness (QED) is 0.606. The summed E-state index contributed by atoms with van der Waals surface area (Å²) in [6.07, 6.45) is 0.816. The summed E-state index contributed by atoms with van der Waals surface area (Å²) in [5.74, 6) is -0.365. The van der Waals surface area contributed by atoms with Gasteiger partial charge in [0.1, 0.15) is 5.75 Å². The molecule has 7 nitrogen and oxygen atoms in total. The highest BCUT2D eigenvalue weighted by Gasteiger charge is 2.17. The first-order chi connectivity index (χ1) is 14.5. The Morgan fingerprint density at radius 3 is 2.27 bits per heavy atom. The van der Waals surface area contributed by atoms with E-state index in [-0.39, 0.29) is 30.4 Å². The smallest absolute Gasteiger partial charge is 0.340 e. The number of para-hydroxylation sites is 1. The zero-order chi connectivity index (χ0) is 21.9. The molecule has 7 heteroatoms. The van der Waals surface area contributed by atoms with E-state index >= 15 is 0 Å². The number of nitrogens with one attached hydrogen (secondary N) is 1. The maximum absolute atomic E-state index is 12.4. The molecule has 0 heterocycles. The van der Waals surface area contributed by atoms with Crippen LogP contribution in [0.5, 0.6) is 5.75 Å². The summed E-state index contributed by atoms with van der Waals surface area (Å²) < 4.78 is 10.3. The molecule has 0 saturated heterocycles. The predicted molar refractivity (Wildman–Crippen MR) is 115 cm³/mol. The van der Waals surface area contributed by atoms with Crippen LogP contribution in [-0.2, 0) is 20.7 Å². The van der Waals surface area contributed by atoms with Gasteiger partial charge in [-0.3, -0.25) is 9.59 Å². The van der Waals surface area contributed by atoms with Crippen molar-refractivity contribution < 1.29 is 23.9 Å². The SMILES string of the molecule is CCN(CC)C(=O)COC(=O)c1ccccc1NC(=O)CCc1ccc(OC)cc1. The van der Waals surface area contributed by atoms with E-state index in [9.17, 15) is 14.4 Å². The Morgan fingerprint density at radius 2 is 1.63 bits per heavy atom. The molecule has 2 rings (SSSR count). The summed E-state index contributed by atoms with van der Waals surface area (Å²) in [5, 5.41) is 2.76. The van der Waals surface area contributed by atoms with Crippen molar-refractivity contribution in [2.24, 2.45) is 0 Å². The molecule has 30 heavy (non-hydrogen) atoms. The third kappa shape index (κ3) is 6.62. The van der Waals surface area contributed by atoms with Gasteiger partial charge in [0.2, 0.25) is 5.91 Å². The molecule has 2 aromatic rings. The minimum atomic E-state index is -0.651. The molecule has 0 atom stereocenters. The van der Waals surface area contributed by atoms with E-state index in [0.29, 0.717) is 25.2 Å². The van der Waals surface area contributed by atoms with Crippen molar-refractivity contribution in [3.8, 4) is 5.75 Å². The largest absolute Gasteiger partial charge is 0.497 e. The number of benzene rings is 2. The maximum atomic E-state index is 12.4. The third-order valence-electron chi connectivity index (χ3n) is 4.66. The van der Waals surface area contributed by atoms with Crippen LogP contribution in [0.2, 0.25) is 0 Å². The van der Waals surface area contributed by atoms with Gasteiger partial charge in [0, 0.05) is 19.5 Å². The minimum absolute atomic E-state index is 0.211. The molecular weight excluding hydrogens is 384 g/mol. The van der Waals surface area contributed by atoms with E-state index in [1.165, 1.54) is 0 Å². The zero-order valence-corrected chi connectivity index (χ0v) is 17.6. The van der Waals surface area contributed by atoms with Gasteiger partial charge in [-0.05, 0) is 50.1 Å². The summed E-state index contributed by atoms with van der Waals surface area (Å²) in [7, 11) is 1.60. The lowest BCUT2D eigenvalue weighted by molar-refractivity contribution is -0.134. The number of aryl methyl sites for hydroxylation is 1. The molecule has 160 valence electrons. The van der Waals surface area contributed by atoms with Gasteiger partial charge in [0.25, 0.3) is 5.91 Å². The second-order valence-electron chi connectivity index (χ2n) is 6.58. The number of carbonyl (C=O) groups excluding carboxylic acids is 3. The van der Waals surface area contributed by atoms with Crippen molar-refractivity contribution in [1.29, 1.82) is 0 Å². The van der Waals surface area contributed by atoms with Crippen molar-refractivity contribution >= 4 is 23.5 Å². The maximum Gasteiger partial charge on any atom is 0.340 e. The molecule has 0 aliphatic carbocycles. The molecule has 2 aromatic carbocycles. The molecule has 0 unspecified atom stereocenters. The van der Waals surface area contributed by atoms with E-state index < -0.39 is 5.97 Å². The van der Waals surface area contributed by atoms with Crippen LogP contribution in [0, 0.1) is 0 Å². The highest BCUT2D eigenvalue weighted by molar-refractivity contribution is 6.01. The topological polar surface area (TPSA) is 84.9 Å². The first-order valence-electron chi connectivity index (χ1n) is 9.95. The van der Waals surface area contributed by atoms with Gasteiger partial charge >= 0.3 is 5.97 Å². The Morgan fingerprint density at radius 1 is 0.967 bits per heavy atom. The Bertz CT molecular complexity index is 860. The fraction of sp³-hybridized carbons (Fsp3) is 0.348. The summed E-state index contributed by atoms with van der Waals surface area (Å²) in [6, 6.07) is 14.1. The Balaban J connectivity index is 1.94. The predicted octanol–water partition coefficient (Wildman–Crippen LogP) is 3.29. The van der Waals surface area contributed by atoms with Crippen LogP contribution in [0.3, 0.4) is 0 Å². The molecule has 0 fully saturated rings. The summed E-state index contributed by atoms with van der Waals surface area (Å²) in [4.78, 5) is 38.4. The van der Waals surface area contributed by atoms with Gasteiger partial charge in [-0.1, -0.05) is 24.3 Å². The number of nitrogens with zero attached hydrogens (tertiary/aromatic N) is 1. The monoisotopic (exact) mass is 412 g/mol. The van der Waals surface area contributed by atoms with Crippen LogP contribution in [0.1, 0.15) is 36.2 Å². The second kappa shape index (κ2) is 11.6. The Kier molecular flexibility index (Phi) is 8.87. The number of likely N-dealkylation sites (N-methyl/N-ethyl adjacent to an activating group) is 1. The average molecular weight is 412 g/mol. The van der Waals surface area contributed by atoms with Crippen LogP contribution in [0.25, 0.3) is 0 Å². The van der Waals surface area contributed by atoms with Crippen molar-refractivity contribution in [3.63, 3.8) is 0 Å². The molecule has 1 N–H and O–H groups in total. The highest BCUT2D eigenvalue weighted by Crippen LogP contribution is 2.18. The number of amides is 2. The number of anilines is 1. The first kappa shape index (κ1) is 22.9. The van der Waals surface area contributed by atoms with Gasteiger partial charge in [0.05, 0.1) is 18.4 Å². The number of ether oxygens (including phenoxy) is 2. The lowest BCUT2D eigenvalue weighted by Gasteiger charge is -2.18. The summed E-state index contributed by atoms with van der Waals surface area (Å²) >= 11 is 0. The number of carbonyl (C=O) groups is 3. The average Bonchev–Trinajstić information content (AvgIpc) is 2.77. The zero-order valence-electron chi connectivity index (χ0n) is 17.6. The van der Waals surface area contributed by atoms with Crippen molar-refractivity contribution in [3.05, 3.63) is 59.7 Å².